The first-order valence-corrected chi connectivity index (χ1v) is 7.35. The van der Waals surface area contributed by atoms with Gasteiger partial charge in [-0.25, -0.2) is 4.98 Å². The molecule has 0 spiro atoms. The molecule has 0 radical (unpaired) electrons. The summed E-state index contributed by atoms with van der Waals surface area (Å²) < 4.78 is 0. The Balaban J connectivity index is 2.13. The van der Waals surface area contributed by atoms with E-state index < -0.39 is 0 Å². The Morgan fingerprint density at radius 1 is 1.20 bits per heavy atom. The van der Waals surface area contributed by atoms with Crippen molar-refractivity contribution in [3.05, 3.63) is 23.9 Å². The summed E-state index contributed by atoms with van der Waals surface area (Å²) in [6, 6.07) is 5.72. The fraction of sp³-hybridized carbons (Fsp3) is 0.600. The number of hydrogen-bond donors (Lipinski definition) is 0. The van der Waals surface area contributed by atoms with Crippen molar-refractivity contribution in [3.8, 4) is 0 Å². The van der Waals surface area contributed by atoms with Crippen LogP contribution in [0.4, 0.5) is 5.82 Å². The lowest BCUT2D eigenvalue weighted by Gasteiger charge is -2.33. The number of amides is 1. The molecule has 110 valence electrons. The highest BCUT2D eigenvalue weighted by Crippen LogP contribution is 2.14. The summed E-state index contributed by atoms with van der Waals surface area (Å²) >= 11 is 0. The summed E-state index contributed by atoms with van der Waals surface area (Å²) in [6.07, 6.45) is 0. The Morgan fingerprint density at radius 2 is 1.85 bits per heavy atom. The van der Waals surface area contributed by atoms with Crippen LogP contribution >= 0.6 is 0 Å². The average molecular weight is 276 g/mol. The molecule has 0 saturated carbocycles. The number of carbonyl (C=O) groups is 1. The number of anilines is 1. The third kappa shape index (κ3) is 3.28. The summed E-state index contributed by atoms with van der Waals surface area (Å²) in [5.41, 5.74) is 0.546. The van der Waals surface area contributed by atoms with Crippen molar-refractivity contribution in [1.29, 1.82) is 0 Å². The molecular formula is C15H24N4O. The number of likely N-dealkylation sites (N-methyl/N-ethyl adjacent to an activating group) is 1. The van der Waals surface area contributed by atoms with Gasteiger partial charge in [-0.15, -0.1) is 0 Å². The molecule has 0 bridgehead atoms. The second-order valence-electron chi connectivity index (χ2n) is 5.15. The molecule has 1 aliphatic rings. The summed E-state index contributed by atoms with van der Waals surface area (Å²) in [5.74, 6) is 0.932. The van der Waals surface area contributed by atoms with Gasteiger partial charge in [-0.2, -0.15) is 0 Å². The van der Waals surface area contributed by atoms with Crippen LogP contribution < -0.4 is 4.90 Å². The van der Waals surface area contributed by atoms with Crippen molar-refractivity contribution >= 4 is 11.7 Å². The molecular weight excluding hydrogens is 252 g/mol. The molecule has 1 aromatic heterocycles. The monoisotopic (exact) mass is 276 g/mol. The van der Waals surface area contributed by atoms with E-state index in [4.69, 9.17) is 0 Å². The summed E-state index contributed by atoms with van der Waals surface area (Å²) in [6.45, 7) is 9.42. The molecule has 2 rings (SSSR count). The van der Waals surface area contributed by atoms with Crippen molar-refractivity contribution in [3.63, 3.8) is 0 Å². The third-order valence-corrected chi connectivity index (χ3v) is 3.83. The minimum absolute atomic E-state index is 0.0194. The van der Waals surface area contributed by atoms with Gasteiger partial charge in [0.05, 0.1) is 0 Å². The van der Waals surface area contributed by atoms with Crippen molar-refractivity contribution in [1.82, 2.24) is 14.8 Å². The molecule has 0 aliphatic carbocycles. The molecule has 0 unspecified atom stereocenters. The number of pyridine rings is 1. The largest absolute Gasteiger partial charge is 0.354 e. The van der Waals surface area contributed by atoms with E-state index >= 15 is 0 Å². The molecule has 5 heteroatoms. The maximum atomic E-state index is 12.3. The first-order valence-electron chi connectivity index (χ1n) is 7.35. The Kier molecular flexibility index (Phi) is 4.95. The van der Waals surface area contributed by atoms with Gasteiger partial charge in [0.1, 0.15) is 11.5 Å². The predicted molar refractivity (Wildman–Crippen MR) is 81.2 cm³/mol. The number of rotatable bonds is 4. The fourth-order valence-electron chi connectivity index (χ4n) is 2.43. The minimum atomic E-state index is 0.0194. The molecule has 1 aromatic rings. The van der Waals surface area contributed by atoms with Crippen LogP contribution in [0.1, 0.15) is 24.3 Å². The van der Waals surface area contributed by atoms with Crippen LogP contribution in [0.15, 0.2) is 18.2 Å². The van der Waals surface area contributed by atoms with Crippen molar-refractivity contribution < 1.29 is 4.79 Å². The number of aromatic nitrogens is 1. The normalized spacial score (nSPS) is 16.2. The van der Waals surface area contributed by atoms with E-state index in [1.165, 1.54) is 0 Å². The van der Waals surface area contributed by atoms with Crippen LogP contribution in [-0.2, 0) is 0 Å². The van der Waals surface area contributed by atoms with Crippen LogP contribution in [0, 0.1) is 0 Å². The van der Waals surface area contributed by atoms with Gasteiger partial charge in [0.25, 0.3) is 5.91 Å². The quantitative estimate of drug-likeness (QED) is 0.831. The molecule has 1 saturated heterocycles. The lowest BCUT2D eigenvalue weighted by atomic mass is 10.2. The summed E-state index contributed by atoms with van der Waals surface area (Å²) in [5, 5.41) is 0. The topological polar surface area (TPSA) is 39.7 Å². The first kappa shape index (κ1) is 14.8. The molecule has 0 aromatic carbocycles. The Bertz CT molecular complexity index is 451. The van der Waals surface area contributed by atoms with E-state index in [9.17, 15) is 4.79 Å². The second-order valence-corrected chi connectivity index (χ2v) is 5.15. The van der Waals surface area contributed by atoms with E-state index in [2.05, 4.69) is 21.8 Å². The fourth-order valence-corrected chi connectivity index (χ4v) is 2.43. The maximum Gasteiger partial charge on any atom is 0.272 e. The number of nitrogens with zero attached hydrogens (tertiary/aromatic N) is 4. The van der Waals surface area contributed by atoms with E-state index in [0.29, 0.717) is 5.69 Å². The number of carbonyl (C=O) groups excluding carboxylic acids is 1. The average Bonchev–Trinajstić information content (AvgIpc) is 2.49. The highest BCUT2D eigenvalue weighted by atomic mass is 16.2. The molecule has 1 fully saturated rings. The number of piperazine rings is 1. The van der Waals surface area contributed by atoms with Gasteiger partial charge >= 0.3 is 0 Å². The smallest absolute Gasteiger partial charge is 0.272 e. The zero-order valence-corrected chi connectivity index (χ0v) is 12.7. The van der Waals surface area contributed by atoms with E-state index in [1.807, 2.05) is 26.0 Å². The molecule has 5 nitrogen and oxygen atoms in total. The van der Waals surface area contributed by atoms with Gasteiger partial charge < -0.3 is 14.7 Å². The zero-order chi connectivity index (χ0) is 14.5. The van der Waals surface area contributed by atoms with Crippen molar-refractivity contribution in [2.24, 2.45) is 0 Å². The highest BCUT2D eigenvalue weighted by Gasteiger charge is 2.18. The van der Waals surface area contributed by atoms with E-state index in [0.717, 1.165) is 45.1 Å². The van der Waals surface area contributed by atoms with E-state index in [1.54, 1.807) is 11.0 Å². The van der Waals surface area contributed by atoms with Crippen LogP contribution in [0.2, 0.25) is 0 Å². The predicted octanol–water partition coefficient (Wildman–Crippen LogP) is 1.32. The highest BCUT2D eigenvalue weighted by molar-refractivity contribution is 5.92. The Labute approximate surface area is 121 Å². The van der Waals surface area contributed by atoms with Gasteiger partial charge in [-0.05, 0) is 33.0 Å². The maximum absolute atomic E-state index is 12.3. The zero-order valence-electron chi connectivity index (χ0n) is 12.7. The Morgan fingerprint density at radius 3 is 2.45 bits per heavy atom. The van der Waals surface area contributed by atoms with Crippen molar-refractivity contribution in [2.45, 2.75) is 13.8 Å². The molecule has 0 N–H and O–H groups in total. The standard InChI is InChI=1S/C15H24N4O/c1-4-18(5-2)15(20)13-7-6-8-14(16-13)19-11-9-17(3)10-12-19/h6-8H,4-5,9-12H2,1-3H3. The molecule has 2 heterocycles. The first-order chi connectivity index (χ1) is 9.65. The SMILES string of the molecule is CCN(CC)C(=O)c1cccc(N2CCN(C)CC2)n1. The Hall–Kier alpha value is -1.62. The van der Waals surface area contributed by atoms with Gasteiger partial charge in [0.15, 0.2) is 0 Å². The summed E-state index contributed by atoms with van der Waals surface area (Å²) in [7, 11) is 2.13. The lowest BCUT2D eigenvalue weighted by molar-refractivity contribution is 0.0767. The van der Waals surface area contributed by atoms with Crippen LogP contribution in [0.3, 0.4) is 0 Å². The third-order valence-electron chi connectivity index (χ3n) is 3.83. The van der Waals surface area contributed by atoms with Gasteiger partial charge in [0, 0.05) is 39.3 Å². The van der Waals surface area contributed by atoms with Gasteiger partial charge in [0.2, 0.25) is 0 Å². The van der Waals surface area contributed by atoms with Crippen LogP contribution in [0.25, 0.3) is 0 Å². The molecule has 20 heavy (non-hydrogen) atoms. The van der Waals surface area contributed by atoms with Crippen LogP contribution in [-0.4, -0.2) is 67.0 Å². The van der Waals surface area contributed by atoms with Crippen molar-refractivity contribution in [2.75, 3.05) is 51.2 Å². The molecule has 0 atom stereocenters. The minimum Gasteiger partial charge on any atom is -0.354 e. The van der Waals surface area contributed by atoms with Gasteiger partial charge in [-0.3, -0.25) is 4.79 Å². The van der Waals surface area contributed by atoms with Gasteiger partial charge in [-0.1, -0.05) is 6.07 Å². The lowest BCUT2D eigenvalue weighted by Crippen LogP contribution is -2.45. The van der Waals surface area contributed by atoms with E-state index in [-0.39, 0.29) is 5.91 Å². The number of hydrogen-bond acceptors (Lipinski definition) is 4. The van der Waals surface area contributed by atoms with Crippen LogP contribution in [0.5, 0.6) is 0 Å². The molecule has 1 amide bonds. The summed E-state index contributed by atoms with van der Waals surface area (Å²) in [4.78, 5) is 23.2. The molecule has 1 aliphatic heterocycles. The second kappa shape index (κ2) is 6.70.